The first-order chi connectivity index (χ1) is 4.43. The van der Waals surface area contributed by atoms with Crippen LogP contribution in [0.1, 0.15) is 12.8 Å². The zero-order chi connectivity index (χ0) is 6.53. The lowest BCUT2D eigenvalue weighted by Gasteiger charge is -2.20. The molecule has 0 radical (unpaired) electrons. The smallest absolute Gasteiger partial charge is 0.0469 e. The second-order valence-electron chi connectivity index (χ2n) is 2.42. The molecule has 0 aromatic heterocycles. The van der Waals surface area contributed by atoms with Crippen molar-refractivity contribution in [2.45, 2.75) is 12.8 Å². The lowest BCUT2D eigenvalue weighted by atomic mass is 10.0. The Morgan fingerprint density at radius 2 is 2.11 bits per heavy atom. The molecule has 0 bridgehead atoms. The van der Waals surface area contributed by atoms with Crippen molar-refractivity contribution in [1.29, 1.82) is 0 Å². The van der Waals surface area contributed by atoms with Gasteiger partial charge < -0.3 is 4.74 Å². The fourth-order valence-corrected chi connectivity index (χ4v) is 1.34. The van der Waals surface area contributed by atoms with Gasteiger partial charge in [0, 0.05) is 19.8 Å². The van der Waals surface area contributed by atoms with E-state index in [9.17, 15) is 0 Å². The predicted octanol–water partition coefficient (Wildman–Crippen LogP) is 0.847. The van der Waals surface area contributed by atoms with E-state index in [0.717, 1.165) is 25.7 Å². The monoisotopic (exact) mass is 147 g/mol. The Kier molecular flexibility index (Phi) is 3.40. The van der Waals surface area contributed by atoms with Crippen molar-refractivity contribution in [1.82, 2.24) is 4.72 Å². The Labute approximate surface area is 61.5 Å². The SMILES string of the molecule is SNCC1CCOCC1. The summed E-state index contributed by atoms with van der Waals surface area (Å²) >= 11 is 3.94. The summed E-state index contributed by atoms with van der Waals surface area (Å²) in [6.07, 6.45) is 2.38. The summed E-state index contributed by atoms with van der Waals surface area (Å²) < 4.78 is 8.07. The van der Waals surface area contributed by atoms with Gasteiger partial charge in [-0.1, -0.05) is 12.8 Å². The van der Waals surface area contributed by atoms with Gasteiger partial charge in [-0.25, -0.2) is 0 Å². The van der Waals surface area contributed by atoms with E-state index >= 15 is 0 Å². The minimum absolute atomic E-state index is 0.788. The number of thiol groups is 1. The fraction of sp³-hybridized carbons (Fsp3) is 1.00. The lowest BCUT2D eigenvalue weighted by molar-refractivity contribution is 0.0680. The van der Waals surface area contributed by atoms with Gasteiger partial charge >= 0.3 is 0 Å². The first-order valence-corrected chi connectivity index (χ1v) is 3.83. The van der Waals surface area contributed by atoms with Gasteiger partial charge in [0.05, 0.1) is 0 Å². The van der Waals surface area contributed by atoms with Crippen molar-refractivity contribution < 1.29 is 4.74 Å². The van der Waals surface area contributed by atoms with Gasteiger partial charge in [-0.15, -0.1) is 0 Å². The van der Waals surface area contributed by atoms with Crippen LogP contribution in [-0.2, 0) is 4.74 Å². The molecule has 54 valence electrons. The summed E-state index contributed by atoms with van der Waals surface area (Å²) in [6, 6.07) is 0. The molecule has 0 unspecified atom stereocenters. The Morgan fingerprint density at radius 1 is 1.44 bits per heavy atom. The minimum Gasteiger partial charge on any atom is -0.381 e. The molecule has 0 atom stereocenters. The average Bonchev–Trinajstić information content (AvgIpc) is 1.91. The number of rotatable bonds is 2. The van der Waals surface area contributed by atoms with Crippen LogP contribution in [0.4, 0.5) is 0 Å². The molecule has 0 spiro atoms. The summed E-state index contributed by atoms with van der Waals surface area (Å²) in [4.78, 5) is 0. The molecule has 1 fully saturated rings. The van der Waals surface area contributed by atoms with Crippen LogP contribution in [0.15, 0.2) is 0 Å². The van der Waals surface area contributed by atoms with Crippen LogP contribution in [0, 0.1) is 5.92 Å². The lowest BCUT2D eigenvalue weighted by Crippen LogP contribution is -2.23. The van der Waals surface area contributed by atoms with Crippen LogP contribution in [0.2, 0.25) is 0 Å². The number of hydrogen-bond donors (Lipinski definition) is 2. The zero-order valence-electron chi connectivity index (χ0n) is 5.47. The first kappa shape index (κ1) is 7.38. The maximum Gasteiger partial charge on any atom is 0.0469 e. The molecule has 1 saturated heterocycles. The molecule has 9 heavy (non-hydrogen) atoms. The Hall–Kier alpha value is 0.270. The second-order valence-corrected chi connectivity index (χ2v) is 2.73. The summed E-state index contributed by atoms with van der Waals surface area (Å²) in [5.74, 6) is 0.788. The predicted molar refractivity (Wildman–Crippen MR) is 40.5 cm³/mol. The molecule has 0 amide bonds. The highest BCUT2D eigenvalue weighted by Gasteiger charge is 2.11. The van der Waals surface area contributed by atoms with E-state index in [-0.39, 0.29) is 0 Å². The molecule has 1 heterocycles. The highest BCUT2D eigenvalue weighted by Crippen LogP contribution is 2.12. The van der Waals surface area contributed by atoms with Gasteiger partial charge in [0.2, 0.25) is 0 Å². The standard InChI is InChI=1S/C6H13NOS/c9-7-5-6-1-3-8-4-2-6/h6-7,9H,1-5H2. The third-order valence-corrected chi connectivity index (χ3v) is 1.90. The van der Waals surface area contributed by atoms with E-state index in [1.54, 1.807) is 0 Å². The quantitative estimate of drug-likeness (QED) is 0.565. The van der Waals surface area contributed by atoms with Crippen LogP contribution < -0.4 is 4.72 Å². The highest BCUT2D eigenvalue weighted by atomic mass is 32.1. The van der Waals surface area contributed by atoms with Crippen LogP contribution in [-0.4, -0.2) is 19.8 Å². The second kappa shape index (κ2) is 4.14. The number of ether oxygens (including phenoxy) is 1. The molecule has 1 rings (SSSR count). The van der Waals surface area contributed by atoms with Gasteiger partial charge in [-0.3, -0.25) is 4.72 Å². The van der Waals surface area contributed by atoms with E-state index in [1.165, 1.54) is 12.8 Å². The van der Waals surface area contributed by atoms with Gasteiger partial charge in [0.15, 0.2) is 0 Å². The van der Waals surface area contributed by atoms with Crippen molar-refractivity contribution in [3.8, 4) is 0 Å². The molecule has 0 aromatic rings. The summed E-state index contributed by atoms with van der Waals surface area (Å²) in [7, 11) is 0. The van der Waals surface area contributed by atoms with Crippen LogP contribution in [0.3, 0.4) is 0 Å². The zero-order valence-corrected chi connectivity index (χ0v) is 6.36. The Balaban J connectivity index is 2.08. The minimum atomic E-state index is 0.788. The molecule has 0 aliphatic carbocycles. The van der Waals surface area contributed by atoms with Gasteiger partial charge in [0.1, 0.15) is 0 Å². The van der Waals surface area contributed by atoms with Crippen LogP contribution in [0.25, 0.3) is 0 Å². The summed E-state index contributed by atoms with van der Waals surface area (Å²) in [5, 5.41) is 0. The maximum atomic E-state index is 5.19. The van der Waals surface area contributed by atoms with E-state index in [1.807, 2.05) is 0 Å². The molecular weight excluding hydrogens is 134 g/mol. The van der Waals surface area contributed by atoms with Crippen LogP contribution in [0.5, 0.6) is 0 Å². The third-order valence-electron chi connectivity index (χ3n) is 1.72. The van der Waals surface area contributed by atoms with Crippen molar-refractivity contribution >= 4 is 12.8 Å². The Bertz CT molecular complexity index is 70.7. The Morgan fingerprint density at radius 3 is 2.67 bits per heavy atom. The topological polar surface area (TPSA) is 21.3 Å². The van der Waals surface area contributed by atoms with Crippen molar-refractivity contribution in [2.75, 3.05) is 19.8 Å². The fourth-order valence-electron chi connectivity index (χ4n) is 1.08. The number of hydrogen-bond acceptors (Lipinski definition) is 3. The van der Waals surface area contributed by atoms with Gasteiger partial charge in [-0.2, -0.15) is 0 Å². The molecule has 1 N–H and O–H groups in total. The molecule has 2 nitrogen and oxygen atoms in total. The summed E-state index contributed by atoms with van der Waals surface area (Å²) in [5.41, 5.74) is 0. The molecular formula is C6H13NOS. The molecule has 3 heteroatoms. The first-order valence-electron chi connectivity index (χ1n) is 3.38. The van der Waals surface area contributed by atoms with Crippen molar-refractivity contribution in [2.24, 2.45) is 5.92 Å². The molecule has 1 aliphatic rings. The summed E-state index contributed by atoms with van der Waals surface area (Å²) in [6.45, 7) is 2.88. The van der Waals surface area contributed by atoms with Gasteiger partial charge in [-0.05, 0) is 18.8 Å². The average molecular weight is 147 g/mol. The third kappa shape index (κ3) is 2.56. The maximum absolute atomic E-state index is 5.19. The van der Waals surface area contributed by atoms with E-state index in [2.05, 4.69) is 17.5 Å². The van der Waals surface area contributed by atoms with Crippen molar-refractivity contribution in [3.05, 3.63) is 0 Å². The van der Waals surface area contributed by atoms with E-state index in [0.29, 0.717) is 0 Å². The molecule has 1 aliphatic heterocycles. The van der Waals surface area contributed by atoms with E-state index in [4.69, 9.17) is 4.74 Å². The largest absolute Gasteiger partial charge is 0.381 e. The molecule has 0 aromatic carbocycles. The molecule has 0 saturated carbocycles. The van der Waals surface area contributed by atoms with Crippen molar-refractivity contribution in [3.63, 3.8) is 0 Å². The van der Waals surface area contributed by atoms with Gasteiger partial charge in [0.25, 0.3) is 0 Å². The number of nitrogens with one attached hydrogen (secondary N) is 1. The normalized spacial score (nSPS) is 22.3. The van der Waals surface area contributed by atoms with Crippen LogP contribution >= 0.6 is 12.8 Å². The highest BCUT2D eigenvalue weighted by molar-refractivity contribution is 7.78. The van der Waals surface area contributed by atoms with E-state index < -0.39 is 0 Å².